The maximum atomic E-state index is 13.3. The molecule has 0 bridgehead atoms. The Labute approximate surface area is 197 Å². The summed E-state index contributed by atoms with van der Waals surface area (Å²) in [4.78, 5) is 27.9. The van der Waals surface area contributed by atoms with Crippen molar-refractivity contribution in [3.05, 3.63) is 70.2 Å². The summed E-state index contributed by atoms with van der Waals surface area (Å²) in [5.41, 5.74) is 3.27. The largest absolute Gasteiger partial charge is 0.352 e. The van der Waals surface area contributed by atoms with Crippen LogP contribution in [0.1, 0.15) is 75.5 Å². The van der Waals surface area contributed by atoms with Crippen LogP contribution in [0.2, 0.25) is 5.02 Å². The molecule has 0 saturated heterocycles. The average molecular weight is 455 g/mol. The quantitative estimate of drug-likeness (QED) is 0.514. The Morgan fingerprint density at radius 2 is 1.69 bits per heavy atom. The van der Waals surface area contributed by atoms with Gasteiger partial charge in [-0.05, 0) is 54.9 Å². The fourth-order valence-corrected chi connectivity index (χ4v) is 4.44. The van der Waals surface area contributed by atoms with E-state index in [9.17, 15) is 9.59 Å². The molecular formula is C27H35ClN2O2. The lowest BCUT2D eigenvalue weighted by atomic mass is 10.00. The standard InChI is InChI=1S/C27H35ClN2O2/c1-19(2)22-15-12-21(13-16-22)14-17-26(31)30(18-23-8-4-7-11-25(23)28)20(3)27(32)29-24-9-5-6-10-24/h4,7-8,11-13,15-16,19-20,24H,5-6,9-10,14,17-18H2,1-3H3,(H,29,32)/t20-/m0/s1. The molecule has 3 rings (SSSR count). The number of carbonyl (C=O) groups excluding carboxylic acids is 2. The first kappa shape index (κ1) is 24.3. The number of aryl methyl sites for hydroxylation is 1. The first-order valence-electron chi connectivity index (χ1n) is 11.8. The van der Waals surface area contributed by atoms with Crippen molar-refractivity contribution >= 4 is 23.4 Å². The average Bonchev–Trinajstić information content (AvgIpc) is 3.29. The van der Waals surface area contributed by atoms with Gasteiger partial charge in [0.1, 0.15) is 6.04 Å². The number of amides is 2. The van der Waals surface area contributed by atoms with Crippen LogP contribution in [0.25, 0.3) is 0 Å². The lowest BCUT2D eigenvalue weighted by Gasteiger charge is -2.30. The third kappa shape index (κ3) is 6.59. The van der Waals surface area contributed by atoms with Crippen LogP contribution in [0.3, 0.4) is 0 Å². The van der Waals surface area contributed by atoms with Crippen LogP contribution in [0.5, 0.6) is 0 Å². The van der Waals surface area contributed by atoms with Crippen LogP contribution >= 0.6 is 11.6 Å². The zero-order chi connectivity index (χ0) is 23.1. The van der Waals surface area contributed by atoms with Crippen molar-refractivity contribution in [3.63, 3.8) is 0 Å². The maximum absolute atomic E-state index is 13.3. The van der Waals surface area contributed by atoms with Crippen LogP contribution in [0, 0.1) is 0 Å². The highest BCUT2D eigenvalue weighted by molar-refractivity contribution is 6.31. The zero-order valence-corrected chi connectivity index (χ0v) is 20.2. The summed E-state index contributed by atoms with van der Waals surface area (Å²) in [6, 6.07) is 15.6. The summed E-state index contributed by atoms with van der Waals surface area (Å²) >= 11 is 6.37. The van der Waals surface area contributed by atoms with Gasteiger partial charge in [-0.25, -0.2) is 0 Å². The molecule has 5 heteroatoms. The Hall–Kier alpha value is -2.33. The van der Waals surface area contributed by atoms with Gasteiger partial charge in [-0.2, -0.15) is 0 Å². The van der Waals surface area contributed by atoms with Crippen molar-refractivity contribution in [2.75, 3.05) is 0 Å². The molecule has 0 aromatic heterocycles. The minimum absolute atomic E-state index is 0.0353. The van der Waals surface area contributed by atoms with E-state index in [0.717, 1.165) is 36.8 Å². The number of rotatable bonds is 9. The molecule has 2 aromatic rings. The van der Waals surface area contributed by atoms with Gasteiger partial charge in [0.15, 0.2) is 0 Å². The monoisotopic (exact) mass is 454 g/mol. The van der Waals surface area contributed by atoms with E-state index in [-0.39, 0.29) is 17.9 Å². The predicted molar refractivity (Wildman–Crippen MR) is 131 cm³/mol. The molecule has 1 aliphatic rings. The van der Waals surface area contributed by atoms with E-state index >= 15 is 0 Å². The number of hydrogen-bond donors (Lipinski definition) is 1. The maximum Gasteiger partial charge on any atom is 0.242 e. The van der Waals surface area contributed by atoms with Crippen molar-refractivity contribution in [3.8, 4) is 0 Å². The summed E-state index contributed by atoms with van der Waals surface area (Å²) in [6.45, 7) is 6.48. The number of halogens is 1. The molecule has 2 aromatic carbocycles. The highest BCUT2D eigenvalue weighted by Crippen LogP contribution is 2.22. The van der Waals surface area contributed by atoms with E-state index in [1.165, 1.54) is 5.56 Å². The van der Waals surface area contributed by atoms with E-state index in [1.807, 2.05) is 31.2 Å². The molecule has 1 atom stereocenters. The number of benzene rings is 2. The van der Waals surface area contributed by atoms with Gasteiger partial charge in [0.05, 0.1) is 0 Å². The van der Waals surface area contributed by atoms with Crippen LogP contribution < -0.4 is 5.32 Å². The van der Waals surface area contributed by atoms with Crippen LogP contribution in [-0.2, 0) is 22.6 Å². The summed E-state index contributed by atoms with van der Waals surface area (Å²) in [5, 5.41) is 3.75. The van der Waals surface area contributed by atoms with Crippen molar-refractivity contribution in [2.45, 2.75) is 83.8 Å². The number of carbonyl (C=O) groups is 2. The third-order valence-corrected chi connectivity index (χ3v) is 6.81. The van der Waals surface area contributed by atoms with E-state index < -0.39 is 6.04 Å². The minimum Gasteiger partial charge on any atom is -0.352 e. The molecule has 0 unspecified atom stereocenters. The second kappa shape index (κ2) is 11.5. The predicted octanol–water partition coefficient (Wildman–Crippen LogP) is 5.87. The van der Waals surface area contributed by atoms with Crippen LogP contribution in [0.15, 0.2) is 48.5 Å². The summed E-state index contributed by atoms with van der Waals surface area (Å²) in [7, 11) is 0. The van der Waals surface area contributed by atoms with E-state index in [4.69, 9.17) is 11.6 Å². The molecule has 1 aliphatic carbocycles. The molecule has 0 radical (unpaired) electrons. The second-order valence-electron chi connectivity index (χ2n) is 9.18. The normalized spacial score (nSPS) is 15.0. The molecule has 1 fully saturated rings. The SMILES string of the molecule is CC(C)c1ccc(CCC(=O)N(Cc2ccccc2Cl)[C@@H](C)C(=O)NC2CCCC2)cc1. The van der Waals surface area contributed by atoms with Gasteiger partial charge in [-0.3, -0.25) is 9.59 Å². The number of nitrogens with zero attached hydrogens (tertiary/aromatic N) is 1. The minimum atomic E-state index is -0.553. The Balaban J connectivity index is 1.70. The summed E-state index contributed by atoms with van der Waals surface area (Å²) in [5.74, 6) is 0.363. The fourth-order valence-electron chi connectivity index (χ4n) is 4.25. The fraction of sp³-hybridized carbons (Fsp3) is 0.481. The summed E-state index contributed by atoms with van der Waals surface area (Å²) in [6.07, 6.45) is 5.33. The van der Waals surface area contributed by atoms with Crippen LogP contribution in [-0.4, -0.2) is 28.8 Å². The number of hydrogen-bond acceptors (Lipinski definition) is 2. The first-order valence-corrected chi connectivity index (χ1v) is 12.1. The Kier molecular flexibility index (Phi) is 8.75. The molecule has 1 N–H and O–H groups in total. The first-order chi connectivity index (χ1) is 15.3. The van der Waals surface area contributed by atoms with E-state index in [2.05, 4.69) is 43.4 Å². The van der Waals surface area contributed by atoms with Gasteiger partial charge in [0.25, 0.3) is 0 Å². The van der Waals surface area contributed by atoms with Crippen molar-refractivity contribution < 1.29 is 9.59 Å². The Bertz CT molecular complexity index is 904. The smallest absolute Gasteiger partial charge is 0.242 e. The van der Waals surface area contributed by atoms with E-state index in [0.29, 0.717) is 30.3 Å². The molecule has 4 nitrogen and oxygen atoms in total. The highest BCUT2D eigenvalue weighted by atomic mass is 35.5. The van der Waals surface area contributed by atoms with Crippen molar-refractivity contribution in [1.29, 1.82) is 0 Å². The summed E-state index contributed by atoms with van der Waals surface area (Å²) < 4.78 is 0. The molecule has 32 heavy (non-hydrogen) atoms. The number of nitrogens with one attached hydrogen (secondary N) is 1. The molecular weight excluding hydrogens is 420 g/mol. The van der Waals surface area contributed by atoms with Gasteiger partial charge in [0.2, 0.25) is 11.8 Å². The highest BCUT2D eigenvalue weighted by Gasteiger charge is 2.28. The lowest BCUT2D eigenvalue weighted by molar-refractivity contribution is -0.140. The van der Waals surface area contributed by atoms with E-state index in [1.54, 1.807) is 4.90 Å². The Morgan fingerprint density at radius 1 is 1.03 bits per heavy atom. The lowest BCUT2D eigenvalue weighted by Crippen LogP contribution is -2.49. The third-order valence-electron chi connectivity index (χ3n) is 6.44. The molecule has 2 amide bonds. The molecule has 172 valence electrons. The molecule has 0 aliphatic heterocycles. The molecule has 1 saturated carbocycles. The molecule has 0 heterocycles. The zero-order valence-electron chi connectivity index (χ0n) is 19.4. The van der Waals surface area contributed by atoms with Crippen molar-refractivity contribution in [1.82, 2.24) is 10.2 Å². The van der Waals surface area contributed by atoms with Crippen molar-refractivity contribution in [2.24, 2.45) is 0 Å². The van der Waals surface area contributed by atoms with Gasteiger partial charge in [-0.1, -0.05) is 80.8 Å². The van der Waals surface area contributed by atoms with Gasteiger partial charge in [-0.15, -0.1) is 0 Å². The van der Waals surface area contributed by atoms with Gasteiger partial charge >= 0.3 is 0 Å². The second-order valence-corrected chi connectivity index (χ2v) is 9.58. The van der Waals surface area contributed by atoms with Gasteiger partial charge in [0, 0.05) is 24.0 Å². The van der Waals surface area contributed by atoms with Gasteiger partial charge < -0.3 is 10.2 Å². The topological polar surface area (TPSA) is 49.4 Å². The van der Waals surface area contributed by atoms with Crippen LogP contribution in [0.4, 0.5) is 0 Å². The Morgan fingerprint density at radius 3 is 2.31 bits per heavy atom. The molecule has 0 spiro atoms.